The van der Waals surface area contributed by atoms with Gasteiger partial charge >= 0.3 is 0 Å². The molecule has 1 aliphatic rings. The zero-order valence-corrected chi connectivity index (χ0v) is 12.0. The number of aliphatic hydroxyl groups is 1. The minimum atomic E-state index is -0.556. The summed E-state index contributed by atoms with van der Waals surface area (Å²) < 4.78 is 0.862. The van der Waals surface area contributed by atoms with Gasteiger partial charge in [0, 0.05) is 6.54 Å². The lowest BCUT2D eigenvalue weighted by atomic mass is 9.85. The Hall–Kier alpha value is -0.250. The maximum atomic E-state index is 10.4. The molecule has 0 unspecified atom stereocenters. The zero-order chi connectivity index (χ0) is 12.3. The normalized spacial score (nSPS) is 19.0. The zero-order valence-electron chi connectivity index (χ0n) is 9.68. The summed E-state index contributed by atoms with van der Waals surface area (Å²) in [6, 6.07) is 5.70. The van der Waals surface area contributed by atoms with Gasteiger partial charge in [0.15, 0.2) is 0 Å². The maximum absolute atomic E-state index is 10.4. The van der Waals surface area contributed by atoms with E-state index >= 15 is 0 Å². The molecule has 1 saturated carbocycles. The summed E-state index contributed by atoms with van der Waals surface area (Å²) in [7, 11) is 0. The third-order valence-electron chi connectivity index (χ3n) is 3.34. The molecule has 0 bridgehead atoms. The summed E-state index contributed by atoms with van der Waals surface area (Å²) in [5.41, 5.74) is 0.386. The molecule has 1 fully saturated rings. The fourth-order valence-electron chi connectivity index (χ4n) is 2.29. The number of rotatable bonds is 3. The molecular weight excluding hydrogens is 302 g/mol. The fraction of sp³-hybridized carbons (Fsp3) is 0.538. The second kappa shape index (κ2) is 5.59. The maximum Gasteiger partial charge on any atom is 0.0819 e. The van der Waals surface area contributed by atoms with E-state index in [1.54, 1.807) is 0 Å². The summed E-state index contributed by atoms with van der Waals surface area (Å²) in [5, 5.41) is 14.4. The Labute approximate surface area is 115 Å². The van der Waals surface area contributed by atoms with Crippen LogP contribution in [0.4, 0.5) is 5.69 Å². The molecule has 0 aliphatic heterocycles. The first-order valence-electron chi connectivity index (χ1n) is 6.01. The molecule has 0 heterocycles. The number of benzene rings is 1. The van der Waals surface area contributed by atoms with Gasteiger partial charge in [-0.25, -0.2) is 0 Å². The minimum Gasteiger partial charge on any atom is -0.388 e. The van der Waals surface area contributed by atoms with Crippen LogP contribution in [0.3, 0.4) is 0 Å². The van der Waals surface area contributed by atoms with E-state index in [0.717, 1.165) is 35.8 Å². The average molecular weight is 319 g/mol. The number of hydrogen-bond acceptors (Lipinski definition) is 2. The molecule has 4 heteroatoms. The molecule has 2 rings (SSSR count). The molecule has 0 aromatic heterocycles. The molecule has 0 spiro atoms. The van der Waals surface area contributed by atoms with Crippen molar-refractivity contribution in [1.29, 1.82) is 0 Å². The van der Waals surface area contributed by atoms with Gasteiger partial charge in [-0.15, -0.1) is 0 Å². The smallest absolute Gasteiger partial charge is 0.0819 e. The van der Waals surface area contributed by atoms with Crippen molar-refractivity contribution in [3.8, 4) is 0 Å². The predicted octanol–water partition coefficient (Wildman–Crippen LogP) is 4.21. The summed E-state index contributed by atoms with van der Waals surface area (Å²) >= 11 is 9.47. The van der Waals surface area contributed by atoms with E-state index in [1.165, 1.54) is 6.42 Å². The van der Waals surface area contributed by atoms with Crippen LogP contribution in [0.5, 0.6) is 0 Å². The van der Waals surface area contributed by atoms with Gasteiger partial charge in [-0.3, -0.25) is 0 Å². The van der Waals surface area contributed by atoms with Crippen molar-refractivity contribution >= 4 is 33.2 Å². The van der Waals surface area contributed by atoms with Crippen molar-refractivity contribution in [2.75, 3.05) is 11.9 Å². The Kier molecular flexibility index (Phi) is 4.34. The fourth-order valence-corrected chi connectivity index (χ4v) is 2.87. The van der Waals surface area contributed by atoms with Crippen molar-refractivity contribution in [1.82, 2.24) is 0 Å². The van der Waals surface area contributed by atoms with Gasteiger partial charge in [-0.05, 0) is 40.9 Å². The summed E-state index contributed by atoms with van der Waals surface area (Å²) in [6.07, 6.45) is 5.25. The molecule has 1 aliphatic carbocycles. The van der Waals surface area contributed by atoms with Crippen LogP contribution in [0.1, 0.15) is 32.1 Å². The Morgan fingerprint density at radius 3 is 2.71 bits per heavy atom. The lowest BCUT2D eigenvalue weighted by Gasteiger charge is -2.32. The van der Waals surface area contributed by atoms with E-state index < -0.39 is 5.60 Å². The lowest BCUT2D eigenvalue weighted by Crippen LogP contribution is -2.38. The Morgan fingerprint density at radius 1 is 1.29 bits per heavy atom. The quantitative estimate of drug-likeness (QED) is 0.875. The van der Waals surface area contributed by atoms with E-state index in [0.29, 0.717) is 11.6 Å². The largest absolute Gasteiger partial charge is 0.388 e. The summed E-state index contributed by atoms with van der Waals surface area (Å²) in [4.78, 5) is 0. The molecule has 2 nitrogen and oxygen atoms in total. The third-order valence-corrected chi connectivity index (χ3v) is 4.74. The van der Waals surface area contributed by atoms with E-state index in [2.05, 4.69) is 21.2 Å². The lowest BCUT2D eigenvalue weighted by molar-refractivity contribution is 0.0167. The summed E-state index contributed by atoms with van der Waals surface area (Å²) in [5.74, 6) is 0. The number of nitrogens with one attached hydrogen (secondary N) is 1. The van der Waals surface area contributed by atoms with Crippen LogP contribution in [0.25, 0.3) is 0 Å². The van der Waals surface area contributed by atoms with Crippen LogP contribution in [-0.4, -0.2) is 17.3 Å². The summed E-state index contributed by atoms with van der Waals surface area (Å²) in [6.45, 7) is 0.589. The van der Waals surface area contributed by atoms with Crippen LogP contribution in [0.15, 0.2) is 22.7 Å². The highest BCUT2D eigenvalue weighted by Crippen LogP contribution is 2.32. The first kappa shape index (κ1) is 13.2. The molecule has 0 saturated heterocycles. The van der Waals surface area contributed by atoms with Crippen molar-refractivity contribution < 1.29 is 5.11 Å². The molecule has 2 N–H and O–H groups in total. The molecule has 94 valence electrons. The van der Waals surface area contributed by atoms with Crippen LogP contribution in [0, 0.1) is 0 Å². The standard InChI is InChI=1S/C13H17BrClNO/c14-12-10(15)5-4-6-11(12)16-9-13(17)7-2-1-3-8-13/h4-6,16-17H,1-3,7-9H2. The molecular formula is C13H17BrClNO. The third kappa shape index (κ3) is 3.36. The monoisotopic (exact) mass is 317 g/mol. The van der Waals surface area contributed by atoms with E-state index in [1.807, 2.05) is 18.2 Å². The van der Waals surface area contributed by atoms with Crippen LogP contribution in [-0.2, 0) is 0 Å². The van der Waals surface area contributed by atoms with E-state index in [4.69, 9.17) is 11.6 Å². The van der Waals surface area contributed by atoms with Crippen LogP contribution < -0.4 is 5.32 Å². The first-order valence-corrected chi connectivity index (χ1v) is 7.18. The molecule has 1 aromatic carbocycles. The predicted molar refractivity (Wildman–Crippen MR) is 75.7 cm³/mol. The number of anilines is 1. The van der Waals surface area contributed by atoms with E-state index in [-0.39, 0.29) is 0 Å². The van der Waals surface area contributed by atoms with Crippen molar-refractivity contribution in [3.05, 3.63) is 27.7 Å². The van der Waals surface area contributed by atoms with Gasteiger partial charge in [0.05, 0.1) is 20.8 Å². The molecule has 0 atom stereocenters. The highest BCUT2D eigenvalue weighted by atomic mass is 79.9. The van der Waals surface area contributed by atoms with Crippen molar-refractivity contribution in [2.24, 2.45) is 0 Å². The van der Waals surface area contributed by atoms with Gasteiger partial charge in [-0.1, -0.05) is 36.9 Å². The van der Waals surface area contributed by atoms with Gasteiger partial charge in [0.1, 0.15) is 0 Å². The topological polar surface area (TPSA) is 32.3 Å². The highest BCUT2D eigenvalue weighted by molar-refractivity contribution is 9.10. The van der Waals surface area contributed by atoms with Crippen molar-refractivity contribution in [3.63, 3.8) is 0 Å². The van der Waals surface area contributed by atoms with Gasteiger partial charge < -0.3 is 10.4 Å². The molecule has 1 aromatic rings. The van der Waals surface area contributed by atoms with Gasteiger partial charge in [0.25, 0.3) is 0 Å². The average Bonchev–Trinajstić information content (AvgIpc) is 2.32. The molecule has 0 amide bonds. The number of halogens is 2. The molecule has 0 radical (unpaired) electrons. The second-order valence-corrected chi connectivity index (χ2v) is 5.94. The Morgan fingerprint density at radius 2 is 2.00 bits per heavy atom. The Balaban J connectivity index is 1.99. The second-order valence-electron chi connectivity index (χ2n) is 4.74. The highest BCUT2D eigenvalue weighted by Gasteiger charge is 2.28. The van der Waals surface area contributed by atoms with E-state index in [9.17, 15) is 5.11 Å². The first-order chi connectivity index (χ1) is 8.11. The Bertz CT molecular complexity index is 391. The van der Waals surface area contributed by atoms with Gasteiger partial charge in [0.2, 0.25) is 0 Å². The molecule has 17 heavy (non-hydrogen) atoms. The van der Waals surface area contributed by atoms with Crippen LogP contribution in [0.2, 0.25) is 5.02 Å². The minimum absolute atomic E-state index is 0.556. The van der Waals surface area contributed by atoms with Gasteiger partial charge in [-0.2, -0.15) is 0 Å². The SMILES string of the molecule is OC1(CNc2cccc(Cl)c2Br)CCCCC1. The van der Waals surface area contributed by atoms with Crippen molar-refractivity contribution in [2.45, 2.75) is 37.7 Å². The number of hydrogen-bond donors (Lipinski definition) is 2. The van der Waals surface area contributed by atoms with Crippen LogP contribution >= 0.6 is 27.5 Å².